The fourth-order valence-electron chi connectivity index (χ4n) is 9.08. The van der Waals surface area contributed by atoms with E-state index in [1.807, 2.05) is 18.2 Å². The van der Waals surface area contributed by atoms with Crippen LogP contribution in [0.25, 0.3) is 0 Å². The van der Waals surface area contributed by atoms with Crippen molar-refractivity contribution >= 4 is 5.91 Å². The number of phenols is 1. The molecule has 2 saturated carbocycles. The molecular weight excluding hydrogens is 537 g/mol. The molecule has 3 aliphatic carbocycles. The van der Waals surface area contributed by atoms with Crippen LogP contribution in [0.1, 0.15) is 114 Å². The van der Waals surface area contributed by atoms with E-state index in [-0.39, 0.29) is 28.9 Å². The van der Waals surface area contributed by atoms with E-state index >= 15 is 4.39 Å². The number of hydrogen-bond donors (Lipinski definition) is 2. The van der Waals surface area contributed by atoms with Gasteiger partial charge in [-0.25, -0.2) is 4.39 Å². The van der Waals surface area contributed by atoms with Crippen molar-refractivity contribution < 1.29 is 19.4 Å². The lowest BCUT2D eigenvalue weighted by atomic mass is 9.51. The van der Waals surface area contributed by atoms with Gasteiger partial charge in [-0.05, 0) is 110 Å². The van der Waals surface area contributed by atoms with Crippen molar-refractivity contribution in [3.8, 4) is 5.75 Å². The van der Waals surface area contributed by atoms with E-state index in [1.165, 1.54) is 18.4 Å². The highest BCUT2D eigenvalue weighted by atomic mass is 19.1. The lowest BCUT2D eigenvalue weighted by molar-refractivity contribution is -0.131. The molecule has 4 nitrogen and oxygen atoms in total. The van der Waals surface area contributed by atoms with E-state index in [4.69, 9.17) is 0 Å². The summed E-state index contributed by atoms with van der Waals surface area (Å²) in [6.45, 7) is 5.97. The highest BCUT2D eigenvalue weighted by Crippen LogP contribution is 2.63. The van der Waals surface area contributed by atoms with E-state index in [2.05, 4.69) is 43.0 Å². The maximum Gasteiger partial charge on any atom is 0.222 e. The average Bonchev–Trinajstić information content (AvgIpc) is 3.29. The average molecular weight is 592 g/mol. The molecule has 5 rings (SSSR count). The van der Waals surface area contributed by atoms with E-state index in [0.717, 1.165) is 88.4 Å². The number of unbranched alkanes of at least 4 members (excludes halogenated alkanes) is 4. The first-order valence-corrected chi connectivity index (χ1v) is 17.3. The van der Waals surface area contributed by atoms with Gasteiger partial charge in [0.1, 0.15) is 11.9 Å². The molecule has 0 saturated heterocycles. The van der Waals surface area contributed by atoms with Gasteiger partial charge in [-0.1, -0.05) is 75.9 Å². The predicted molar refractivity (Wildman–Crippen MR) is 172 cm³/mol. The van der Waals surface area contributed by atoms with E-state index in [9.17, 15) is 15.0 Å². The minimum absolute atomic E-state index is 0.154. The summed E-state index contributed by atoms with van der Waals surface area (Å²) in [6.07, 6.45) is 11.6. The van der Waals surface area contributed by atoms with Crippen LogP contribution >= 0.6 is 0 Å². The Kier molecular flexibility index (Phi) is 10.9. The van der Waals surface area contributed by atoms with Gasteiger partial charge in [-0.3, -0.25) is 4.79 Å². The molecule has 2 aromatic carbocycles. The van der Waals surface area contributed by atoms with Crippen molar-refractivity contribution in [1.82, 2.24) is 4.90 Å². The highest BCUT2D eigenvalue weighted by molar-refractivity contribution is 5.76. The molecule has 7 atom stereocenters. The maximum atomic E-state index is 16.1. The van der Waals surface area contributed by atoms with Crippen LogP contribution in [0.5, 0.6) is 5.75 Å². The first kappa shape index (κ1) is 32.0. The number of rotatable bonds is 14. The molecule has 2 aromatic rings. The molecule has 0 aromatic heterocycles. The van der Waals surface area contributed by atoms with Gasteiger partial charge < -0.3 is 15.1 Å². The monoisotopic (exact) mass is 591 g/mol. The van der Waals surface area contributed by atoms with Crippen LogP contribution in [0.4, 0.5) is 4.39 Å². The Morgan fingerprint density at radius 2 is 1.77 bits per heavy atom. The van der Waals surface area contributed by atoms with Crippen LogP contribution in [0, 0.1) is 23.2 Å². The zero-order valence-corrected chi connectivity index (χ0v) is 26.5. The van der Waals surface area contributed by atoms with E-state index in [0.29, 0.717) is 24.7 Å². The minimum Gasteiger partial charge on any atom is -0.508 e. The molecule has 3 aliphatic rings. The number of benzene rings is 2. The van der Waals surface area contributed by atoms with Crippen LogP contribution < -0.4 is 0 Å². The van der Waals surface area contributed by atoms with Gasteiger partial charge in [0, 0.05) is 25.4 Å². The first-order chi connectivity index (χ1) is 20.8. The molecule has 0 spiro atoms. The topological polar surface area (TPSA) is 60.8 Å². The van der Waals surface area contributed by atoms with Crippen LogP contribution in [0.2, 0.25) is 0 Å². The second-order valence-corrected chi connectivity index (χ2v) is 14.2. The third-order valence-corrected chi connectivity index (χ3v) is 11.4. The number of phenolic OH excluding ortho intramolecular Hbond substituents is 1. The second kappa shape index (κ2) is 14.6. The van der Waals surface area contributed by atoms with Gasteiger partial charge >= 0.3 is 0 Å². The summed E-state index contributed by atoms with van der Waals surface area (Å²) in [4.78, 5) is 15.4. The molecule has 236 valence electrons. The number of carbonyl (C=O) groups is 1. The Morgan fingerprint density at radius 3 is 2.53 bits per heavy atom. The Bertz CT molecular complexity index is 1190. The van der Waals surface area contributed by atoms with Crippen LogP contribution in [0.15, 0.2) is 48.5 Å². The SMILES string of the molecule is CCCCCCN(CCCCC1Cc2cc(O)ccc2C2C(F)C[C@]3(C)C(O)CCC3C12)C(=O)CCCc1ccccc1. The zero-order chi connectivity index (χ0) is 30.4. The number of aliphatic hydroxyl groups is 1. The summed E-state index contributed by atoms with van der Waals surface area (Å²) >= 11 is 0. The number of carbonyl (C=O) groups excluding carboxylic acids is 1. The number of alkyl halides is 1. The van der Waals surface area contributed by atoms with Crippen molar-refractivity contribution in [2.24, 2.45) is 23.2 Å². The van der Waals surface area contributed by atoms with Crippen molar-refractivity contribution in [3.63, 3.8) is 0 Å². The summed E-state index contributed by atoms with van der Waals surface area (Å²) in [5.74, 6) is 1.25. The molecule has 0 aliphatic heterocycles. The van der Waals surface area contributed by atoms with Gasteiger partial charge in [-0.15, -0.1) is 0 Å². The fraction of sp³-hybridized carbons (Fsp3) is 0.658. The smallest absolute Gasteiger partial charge is 0.222 e. The summed E-state index contributed by atoms with van der Waals surface area (Å²) in [5.41, 5.74) is 3.11. The molecule has 0 heterocycles. The highest BCUT2D eigenvalue weighted by Gasteiger charge is 2.59. The Balaban J connectivity index is 1.22. The van der Waals surface area contributed by atoms with Gasteiger partial charge in [0.15, 0.2) is 0 Å². The number of aliphatic hydroxyl groups excluding tert-OH is 1. The third kappa shape index (κ3) is 7.30. The number of nitrogens with zero attached hydrogens (tertiary/aromatic N) is 1. The number of amides is 1. The molecule has 0 radical (unpaired) electrons. The van der Waals surface area contributed by atoms with Crippen LogP contribution in [-0.2, 0) is 17.6 Å². The van der Waals surface area contributed by atoms with Gasteiger partial charge in [0.05, 0.1) is 6.10 Å². The molecule has 5 heteroatoms. The Hall–Kier alpha value is -2.40. The maximum absolute atomic E-state index is 16.1. The summed E-state index contributed by atoms with van der Waals surface area (Å²) in [5, 5.41) is 21.2. The molecule has 43 heavy (non-hydrogen) atoms. The normalized spacial score (nSPS) is 29.5. The number of halogens is 1. The standard InChI is InChI=1S/C38H54FNO3/c1-3-4-5-10-22-40(35(43)17-12-15-27-13-7-6-8-14-27)23-11-9-16-28-24-29-25-30(41)18-19-31(29)37-33(39)26-38(2)32(36(28)37)20-21-34(38)42/h6-8,13-14,18-19,25,28,32-34,36-37,41-42H,3-5,9-12,15-17,20-24,26H2,1-2H3/t28?,32?,33?,34?,36?,37?,38-/m0/s1. The van der Waals surface area contributed by atoms with Crippen molar-refractivity contribution in [2.45, 2.75) is 122 Å². The number of aromatic hydroxyl groups is 1. The summed E-state index contributed by atoms with van der Waals surface area (Å²) in [6, 6.07) is 15.9. The predicted octanol–water partition coefficient (Wildman–Crippen LogP) is 8.39. The van der Waals surface area contributed by atoms with Gasteiger partial charge in [-0.2, -0.15) is 0 Å². The molecule has 2 N–H and O–H groups in total. The fourth-order valence-corrected chi connectivity index (χ4v) is 9.08. The molecule has 1 amide bonds. The Labute approximate surface area is 259 Å². The summed E-state index contributed by atoms with van der Waals surface area (Å²) in [7, 11) is 0. The first-order valence-electron chi connectivity index (χ1n) is 17.3. The number of fused-ring (bicyclic) bond motifs is 5. The lowest BCUT2D eigenvalue weighted by Crippen LogP contribution is -2.51. The van der Waals surface area contributed by atoms with E-state index < -0.39 is 12.3 Å². The van der Waals surface area contributed by atoms with Crippen molar-refractivity contribution in [1.29, 1.82) is 0 Å². The lowest BCUT2D eigenvalue weighted by Gasteiger charge is -2.54. The molecule has 6 unspecified atom stereocenters. The van der Waals surface area contributed by atoms with E-state index in [1.54, 1.807) is 6.07 Å². The van der Waals surface area contributed by atoms with Gasteiger partial charge in [0.2, 0.25) is 5.91 Å². The number of aryl methyl sites for hydroxylation is 1. The third-order valence-electron chi connectivity index (χ3n) is 11.4. The minimum atomic E-state index is -0.975. The molecular formula is C38H54FNO3. The second-order valence-electron chi connectivity index (χ2n) is 14.2. The molecule has 2 fully saturated rings. The van der Waals surface area contributed by atoms with Crippen molar-refractivity contribution in [3.05, 3.63) is 65.2 Å². The number of hydrogen-bond acceptors (Lipinski definition) is 3. The van der Waals surface area contributed by atoms with Crippen LogP contribution in [-0.4, -0.2) is 46.4 Å². The zero-order valence-electron chi connectivity index (χ0n) is 26.5. The quantitative estimate of drug-likeness (QED) is 0.217. The Morgan fingerprint density at radius 1 is 1.00 bits per heavy atom. The summed E-state index contributed by atoms with van der Waals surface area (Å²) < 4.78 is 16.1. The molecule has 0 bridgehead atoms. The van der Waals surface area contributed by atoms with Crippen molar-refractivity contribution in [2.75, 3.05) is 13.1 Å². The van der Waals surface area contributed by atoms with Crippen LogP contribution in [0.3, 0.4) is 0 Å². The van der Waals surface area contributed by atoms with Gasteiger partial charge in [0.25, 0.3) is 0 Å². The largest absolute Gasteiger partial charge is 0.508 e.